The molecule has 0 aromatic heterocycles. The molecule has 2 aromatic rings. The Morgan fingerprint density at radius 1 is 1.00 bits per heavy atom. The van der Waals surface area contributed by atoms with E-state index in [4.69, 9.17) is 40.5 Å². The Morgan fingerprint density at radius 2 is 1.63 bits per heavy atom. The Hall–Kier alpha value is -1.42. The average molecular weight is 316 g/mol. The molecule has 0 saturated carbocycles. The van der Waals surface area contributed by atoms with Crippen molar-refractivity contribution in [3.8, 4) is 0 Å². The van der Waals surface area contributed by atoms with Gasteiger partial charge in [0.25, 0.3) is 5.91 Å². The van der Waals surface area contributed by atoms with E-state index in [1.807, 2.05) is 0 Å². The molecule has 0 aliphatic heterocycles. The van der Waals surface area contributed by atoms with Crippen molar-refractivity contribution in [2.24, 2.45) is 0 Å². The molecule has 3 N–H and O–H groups in total. The zero-order valence-corrected chi connectivity index (χ0v) is 11.9. The molecule has 0 unspecified atom stereocenters. The number of hydrogen-bond donors (Lipinski definition) is 2. The highest BCUT2D eigenvalue weighted by Gasteiger charge is 2.09. The van der Waals surface area contributed by atoms with E-state index in [1.54, 1.807) is 24.3 Å². The highest BCUT2D eigenvalue weighted by Crippen LogP contribution is 2.24. The summed E-state index contributed by atoms with van der Waals surface area (Å²) in [5, 5.41) is 3.85. The van der Waals surface area contributed by atoms with Gasteiger partial charge in [0.1, 0.15) is 0 Å². The van der Waals surface area contributed by atoms with Crippen LogP contribution in [0.3, 0.4) is 0 Å². The van der Waals surface area contributed by atoms with Crippen LogP contribution in [0.5, 0.6) is 0 Å². The number of anilines is 2. The van der Waals surface area contributed by atoms with Gasteiger partial charge in [0.15, 0.2) is 0 Å². The van der Waals surface area contributed by atoms with Crippen molar-refractivity contribution in [1.29, 1.82) is 0 Å². The van der Waals surface area contributed by atoms with Crippen molar-refractivity contribution >= 4 is 52.1 Å². The summed E-state index contributed by atoms with van der Waals surface area (Å²) >= 11 is 17.6. The van der Waals surface area contributed by atoms with E-state index in [0.717, 1.165) is 0 Å². The van der Waals surface area contributed by atoms with E-state index in [-0.39, 0.29) is 5.91 Å². The molecule has 0 spiro atoms. The maximum absolute atomic E-state index is 12.0. The monoisotopic (exact) mass is 314 g/mol. The number of carbonyl (C=O) groups excluding carboxylic acids is 1. The number of amides is 1. The van der Waals surface area contributed by atoms with Gasteiger partial charge in [-0.1, -0.05) is 34.8 Å². The standard InChI is InChI=1S/C13H9Cl3N2O/c14-8-3-7(4-9(15)5-8)13(19)18-10-1-2-12(17)11(16)6-10/h1-6H,17H2,(H,18,19). The van der Waals surface area contributed by atoms with Crippen LogP contribution < -0.4 is 11.1 Å². The van der Waals surface area contributed by atoms with Gasteiger partial charge in [-0.05, 0) is 36.4 Å². The van der Waals surface area contributed by atoms with Crippen molar-refractivity contribution in [2.75, 3.05) is 11.1 Å². The molecule has 0 aliphatic carbocycles. The fourth-order valence-corrected chi connectivity index (χ4v) is 2.20. The summed E-state index contributed by atoms with van der Waals surface area (Å²) < 4.78 is 0. The smallest absolute Gasteiger partial charge is 0.255 e. The maximum Gasteiger partial charge on any atom is 0.255 e. The Balaban J connectivity index is 2.22. The van der Waals surface area contributed by atoms with Crippen molar-refractivity contribution in [3.63, 3.8) is 0 Å². The number of rotatable bonds is 2. The summed E-state index contributed by atoms with van der Waals surface area (Å²) in [7, 11) is 0. The molecule has 19 heavy (non-hydrogen) atoms. The van der Waals surface area contributed by atoms with Gasteiger partial charge in [-0.15, -0.1) is 0 Å². The molecule has 3 nitrogen and oxygen atoms in total. The van der Waals surface area contributed by atoms with Crippen molar-refractivity contribution in [3.05, 3.63) is 57.0 Å². The number of hydrogen-bond acceptors (Lipinski definition) is 2. The first-order chi connectivity index (χ1) is 8.95. The van der Waals surface area contributed by atoms with E-state index >= 15 is 0 Å². The normalized spacial score (nSPS) is 10.3. The Labute approximate surface area is 125 Å². The summed E-state index contributed by atoms with van der Waals surface area (Å²) in [4.78, 5) is 12.0. The van der Waals surface area contributed by atoms with Crippen LogP contribution in [0.1, 0.15) is 10.4 Å². The van der Waals surface area contributed by atoms with Gasteiger partial charge in [-0.25, -0.2) is 0 Å². The van der Waals surface area contributed by atoms with Crippen molar-refractivity contribution < 1.29 is 4.79 Å². The third kappa shape index (κ3) is 3.53. The van der Waals surface area contributed by atoms with Gasteiger partial charge in [0.2, 0.25) is 0 Å². The Kier molecular flexibility index (Phi) is 4.20. The van der Waals surface area contributed by atoms with E-state index < -0.39 is 0 Å². The fraction of sp³-hybridized carbons (Fsp3) is 0. The first-order valence-electron chi connectivity index (χ1n) is 5.28. The number of carbonyl (C=O) groups is 1. The minimum atomic E-state index is -0.328. The van der Waals surface area contributed by atoms with Gasteiger partial charge in [-0.3, -0.25) is 4.79 Å². The van der Waals surface area contributed by atoms with Crippen LogP contribution in [0.25, 0.3) is 0 Å². The molecule has 0 saturated heterocycles. The molecule has 0 atom stereocenters. The molecule has 0 aliphatic rings. The fourth-order valence-electron chi connectivity index (χ4n) is 1.49. The topological polar surface area (TPSA) is 55.1 Å². The van der Waals surface area contributed by atoms with Crippen LogP contribution in [-0.4, -0.2) is 5.91 Å². The number of nitrogens with two attached hydrogens (primary N) is 1. The van der Waals surface area contributed by atoms with Gasteiger partial charge in [-0.2, -0.15) is 0 Å². The summed E-state index contributed by atoms with van der Waals surface area (Å²) in [5.74, 6) is -0.328. The van der Waals surface area contributed by atoms with Crippen molar-refractivity contribution in [2.45, 2.75) is 0 Å². The first kappa shape index (κ1) is 14.0. The van der Waals surface area contributed by atoms with Crippen LogP contribution in [0.15, 0.2) is 36.4 Å². The maximum atomic E-state index is 12.0. The predicted octanol–water partition coefficient (Wildman–Crippen LogP) is 4.48. The second-order valence-electron chi connectivity index (χ2n) is 3.85. The highest BCUT2D eigenvalue weighted by molar-refractivity contribution is 6.35. The lowest BCUT2D eigenvalue weighted by Crippen LogP contribution is -2.12. The van der Waals surface area contributed by atoms with Crippen LogP contribution in [0.4, 0.5) is 11.4 Å². The predicted molar refractivity (Wildman–Crippen MR) is 80.3 cm³/mol. The van der Waals surface area contributed by atoms with Crippen LogP contribution >= 0.6 is 34.8 Å². The van der Waals surface area contributed by atoms with E-state index in [2.05, 4.69) is 5.32 Å². The highest BCUT2D eigenvalue weighted by atomic mass is 35.5. The molecular weight excluding hydrogens is 307 g/mol. The van der Waals surface area contributed by atoms with Gasteiger partial charge < -0.3 is 11.1 Å². The lowest BCUT2D eigenvalue weighted by atomic mass is 10.2. The lowest BCUT2D eigenvalue weighted by Gasteiger charge is -2.07. The quantitative estimate of drug-likeness (QED) is 0.803. The SMILES string of the molecule is Nc1ccc(NC(=O)c2cc(Cl)cc(Cl)c2)cc1Cl. The first-order valence-corrected chi connectivity index (χ1v) is 6.41. The van der Waals surface area contributed by atoms with E-state index in [0.29, 0.717) is 32.0 Å². The summed E-state index contributed by atoms with van der Waals surface area (Å²) in [6.07, 6.45) is 0. The summed E-state index contributed by atoms with van der Waals surface area (Å²) in [6, 6.07) is 9.46. The molecule has 0 heterocycles. The molecule has 98 valence electrons. The number of nitrogen functional groups attached to an aromatic ring is 1. The minimum Gasteiger partial charge on any atom is -0.398 e. The van der Waals surface area contributed by atoms with Gasteiger partial charge in [0, 0.05) is 21.3 Å². The third-order valence-electron chi connectivity index (χ3n) is 2.38. The van der Waals surface area contributed by atoms with Crippen LogP contribution in [-0.2, 0) is 0 Å². The third-order valence-corrected chi connectivity index (χ3v) is 3.15. The Bertz CT molecular complexity index is 624. The second kappa shape index (κ2) is 5.70. The summed E-state index contributed by atoms with van der Waals surface area (Å²) in [5.41, 5.74) is 6.95. The molecule has 2 aromatic carbocycles. The lowest BCUT2D eigenvalue weighted by molar-refractivity contribution is 0.102. The summed E-state index contributed by atoms with van der Waals surface area (Å²) in [6.45, 7) is 0. The second-order valence-corrected chi connectivity index (χ2v) is 5.13. The molecule has 1 amide bonds. The van der Waals surface area contributed by atoms with E-state index in [1.165, 1.54) is 12.1 Å². The van der Waals surface area contributed by atoms with Gasteiger partial charge in [0.05, 0.1) is 10.7 Å². The molecular formula is C13H9Cl3N2O. The molecule has 0 fully saturated rings. The largest absolute Gasteiger partial charge is 0.398 e. The average Bonchev–Trinajstić information content (AvgIpc) is 2.32. The molecule has 0 radical (unpaired) electrons. The zero-order valence-electron chi connectivity index (χ0n) is 9.58. The number of nitrogens with one attached hydrogen (secondary N) is 1. The molecule has 2 rings (SSSR count). The number of benzene rings is 2. The van der Waals surface area contributed by atoms with Crippen LogP contribution in [0, 0.1) is 0 Å². The minimum absolute atomic E-state index is 0.328. The van der Waals surface area contributed by atoms with Gasteiger partial charge >= 0.3 is 0 Å². The Morgan fingerprint density at radius 3 is 2.21 bits per heavy atom. The van der Waals surface area contributed by atoms with Crippen molar-refractivity contribution in [1.82, 2.24) is 0 Å². The molecule has 0 bridgehead atoms. The number of halogens is 3. The van der Waals surface area contributed by atoms with Crippen LogP contribution in [0.2, 0.25) is 15.1 Å². The van der Waals surface area contributed by atoms with E-state index in [9.17, 15) is 4.79 Å². The molecule has 6 heteroatoms. The zero-order chi connectivity index (χ0) is 14.0.